The summed E-state index contributed by atoms with van der Waals surface area (Å²) in [7, 11) is 0. The smallest absolute Gasteiger partial charge is 0.305 e. The van der Waals surface area contributed by atoms with Crippen LogP contribution in [0.5, 0.6) is 0 Å². The van der Waals surface area contributed by atoms with Crippen molar-refractivity contribution in [3.63, 3.8) is 0 Å². The standard InChI is InChI=1S/C16H22FNO3/c1-11(2)18(9-8-15(19)20)16(21)12(3)10-13-6-4-5-7-14(13)17/h4-7,11-12H,8-10H2,1-3H3,(H,19,20). The van der Waals surface area contributed by atoms with E-state index in [4.69, 9.17) is 5.11 Å². The van der Waals surface area contributed by atoms with E-state index in [1.165, 1.54) is 6.07 Å². The lowest BCUT2D eigenvalue weighted by Crippen LogP contribution is -2.42. The number of hydrogen-bond acceptors (Lipinski definition) is 2. The van der Waals surface area contributed by atoms with Crippen LogP contribution in [0.2, 0.25) is 0 Å². The number of carboxylic acid groups (broad SMARTS) is 1. The van der Waals surface area contributed by atoms with Crippen LogP contribution in [-0.2, 0) is 16.0 Å². The van der Waals surface area contributed by atoms with Crippen molar-refractivity contribution in [2.75, 3.05) is 6.54 Å². The molecule has 1 rings (SSSR count). The van der Waals surface area contributed by atoms with Crippen LogP contribution in [0.3, 0.4) is 0 Å². The highest BCUT2D eigenvalue weighted by Crippen LogP contribution is 2.16. The number of rotatable bonds is 7. The summed E-state index contributed by atoms with van der Waals surface area (Å²) in [5.41, 5.74) is 0.500. The molecule has 1 aromatic rings. The van der Waals surface area contributed by atoms with E-state index in [2.05, 4.69) is 0 Å². The van der Waals surface area contributed by atoms with Gasteiger partial charge in [0.15, 0.2) is 0 Å². The maximum atomic E-state index is 13.6. The molecule has 4 nitrogen and oxygen atoms in total. The van der Waals surface area contributed by atoms with Gasteiger partial charge in [-0.2, -0.15) is 0 Å². The van der Waals surface area contributed by atoms with Crippen LogP contribution < -0.4 is 0 Å². The van der Waals surface area contributed by atoms with E-state index in [1.807, 2.05) is 13.8 Å². The summed E-state index contributed by atoms with van der Waals surface area (Å²) in [6, 6.07) is 6.30. The number of hydrogen-bond donors (Lipinski definition) is 1. The van der Waals surface area contributed by atoms with Gasteiger partial charge in [-0.15, -0.1) is 0 Å². The lowest BCUT2D eigenvalue weighted by atomic mass is 9.98. The topological polar surface area (TPSA) is 57.6 Å². The van der Waals surface area contributed by atoms with Crippen molar-refractivity contribution in [2.45, 2.75) is 39.7 Å². The van der Waals surface area contributed by atoms with Gasteiger partial charge in [0.25, 0.3) is 0 Å². The number of amides is 1. The molecule has 0 saturated heterocycles. The minimum Gasteiger partial charge on any atom is -0.481 e. The summed E-state index contributed by atoms with van der Waals surface area (Å²) < 4.78 is 13.6. The van der Waals surface area contributed by atoms with Gasteiger partial charge in [0.1, 0.15) is 5.82 Å². The largest absolute Gasteiger partial charge is 0.481 e. The Morgan fingerprint density at radius 2 is 1.86 bits per heavy atom. The highest BCUT2D eigenvalue weighted by Gasteiger charge is 2.24. The minimum atomic E-state index is -0.935. The molecule has 0 aromatic heterocycles. The number of carboxylic acids is 1. The molecule has 116 valence electrons. The Kier molecular flexibility index (Phi) is 6.34. The van der Waals surface area contributed by atoms with E-state index >= 15 is 0 Å². The van der Waals surface area contributed by atoms with Gasteiger partial charge in [0.2, 0.25) is 5.91 Å². The van der Waals surface area contributed by atoms with Crippen LogP contribution in [0.1, 0.15) is 32.8 Å². The lowest BCUT2D eigenvalue weighted by molar-refractivity contribution is -0.140. The molecular formula is C16H22FNO3. The Morgan fingerprint density at radius 3 is 2.38 bits per heavy atom. The highest BCUT2D eigenvalue weighted by molar-refractivity contribution is 5.79. The molecule has 0 aliphatic heterocycles. The average molecular weight is 295 g/mol. The first-order chi connectivity index (χ1) is 9.82. The predicted octanol–water partition coefficient (Wildman–Crippen LogP) is 2.72. The third-order valence-corrected chi connectivity index (χ3v) is 3.38. The summed E-state index contributed by atoms with van der Waals surface area (Å²) in [5.74, 6) is -1.79. The molecule has 0 saturated carbocycles. The molecule has 0 fully saturated rings. The average Bonchev–Trinajstić information content (AvgIpc) is 2.40. The molecule has 21 heavy (non-hydrogen) atoms. The summed E-state index contributed by atoms with van der Waals surface area (Å²) in [6.07, 6.45) is 0.220. The van der Waals surface area contributed by atoms with Gasteiger partial charge in [-0.3, -0.25) is 9.59 Å². The SMILES string of the molecule is CC(Cc1ccccc1F)C(=O)N(CCC(=O)O)C(C)C. The van der Waals surface area contributed by atoms with Crippen molar-refractivity contribution in [3.05, 3.63) is 35.6 Å². The third kappa shape index (κ3) is 5.17. The van der Waals surface area contributed by atoms with Crippen LogP contribution in [0, 0.1) is 11.7 Å². The van der Waals surface area contributed by atoms with E-state index in [0.29, 0.717) is 12.0 Å². The van der Waals surface area contributed by atoms with Gasteiger partial charge in [-0.25, -0.2) is 4.39 Å². The van der Waals surface area contributed by atoms with Crippen molar-refractivity contribution in [1.82, 2.24) is 4.90 Å². The van der Waals surface area contributed by atoms with E-state index in [1.54, 1.807) is 30.0 Å². The zero-order chi connectivity index (χ0) is 16.0. The molecule has 0 radical (unpaired) electrons. The van der Waals surface area contributed by atoms with Gasteiger partial charge in [-0.1, -0.05) is 25.1 Å². The molecule has 1 atom stereocenters. The van der Waals surface area contributed by atoms with Gasteiger partial charge in [0, 0.05) is 18.5 Å². The Labute approximate surface area is 124 Å². The molecular weight excluding hydrogens is 273 g/mol. The van der Waals surface area contributed by atoms with Crippen LogP contribution in [0.4, 0.5) is 4.39 Å². The van der Waals surface area contributed by atoms with Crippen LogP contribution in [-0.4, -0.2) is 34.5 Å². The maximum absolute atomic E-state index is 13.6. The predicted molar refractivity (Wildman–Crippen MR) is 78.4 cm³/mol. The summed E-state index contributed by atoms with van der Waals surface area (Å²) >= 11 is 0. The zero-order valence-electron chi connectivity index (χ0n) is 12.7. The zero-order valence-corrected chi connectivity index (χ0v) is 12.7. The quantitative estimate of drug-likeness (QED) is 0.841. The van der Waals surface area contributed by atoms with Crippen LogP contribution in [0.25, 0.3) is 0 Å². The fraction of sp³-hybridized carbons (Fsp3) is 0.500. The first-order valence-electron chi connectivity index (χ1n) is 7.08. The van der Waals surface area contributed by atoms with E-state index in [9.17, 15) is 14.0 Å². The van der Waals surface area contributed by atoms with Crippen LogP contribution >= 0.6 is 0 Å². The molecule has 1 amide bonds. The Morgan fingerprint density at radius 1 is 1.24 bits per heavy atom. The summed E-state index contributed by atoms with van der Waals surface area (Å²) in [4.78, 5) is 24.6. The van der Waals surface area contributed by atoms with Gasteiger partial charge in [0.05, 0.1) is 6.42 Å². The maximum Gasteiger partial charge on any atom is 0.305 e. The number of carbonyl (C=O) groups excluding carboxylic acids is 1. The first kappa shape index (κ1) is 17.1. The van der Waals surface area contributed by atoms with Gasteiger partial charge in [-0.05, 0) is 31.9 Å². The molecule has 1 N–H and O–H groups in total. The second-order valence-corrected chi connectivity index (χ2v) is 5.47. The number of halogens is 1. The molecule has 0 heterocycles. The molecule has 5 heteroatoms. The molecule has 0 aliphatic carbocycles. The van der Waals surface area contributed by atoms with E-state index in [0.717, 1.165) is 0 Å². The molecule has 1 aromatic carbocycles. The normalized spacial score (nSPS) is 12.2. The fourth-order valence-corrected chi connectivity index (χ4v) is 2.20. The Bertz CT molecular complexity index is 502. The lowest BCUT2D eigenvalue weighted by Gasteiger charge is -2.29. The number of carbonyl (C=O) groups is 2. The van der Waals surface area contributed by atoms with Crippen molar-refractivity contribution >= 4 is 11.9 Å². The van der Waals surface area contributed by atoms with E-state index < -0.39 is 11.9 Å². The molecule has 0 bridgehead atoms. The fourth-order valence-electron chi connectivity index (χ4n) is 2.20. The molecule has 0 spiro atoms. The Balaban J connectivity index is 2.74. The number of aliphatic carboxylic acids is 1. The second kappa shape index (κ2) is 7.76. The summed E-state index contributed by atoms with van der Waals surface area (Å²) in [6.45, 7) is 5.60. The minimum absolute atomic E-state index is 0.0834. The summed E-state index contributed by atoms with van der Waals surface area (Å²) in [5, 5.41) is 8.75. The van der Waals surface area contributed by atoms with Crippen LogP contribution in [0.15, 0.2) is 24.3 Å². The first-order valence-corrected chi connectivity index (χ1v) is 7.08. The van der Waals surface area contributed by atoms with Crippen molar-refractivity contribution in [1.29, 1.82) is 0 Å². The van der Waals surface area contributed by atoms with Crippen molar-refractivity contribution in [2.24, 2.45) is 5.92 Å². The monoisotopic (exact) mass is 295 g/mol. The van der Waals surface area contributed by atoms with E-state index in [-0.39, 0.29) is 30.7 Å². The molecule has 1 unspecified atom stereocenters. The number of benzene rings is 1. The van der Waals surface area contributed by atoms with Gasteiger partial charge < -0.3 is 10.0 Å². The second-order valence-electron chi connectivity index (χ2n) is 5.47. The highest BCUT2D eigenvalue weighted by atomic mass is 19.1. The van der Waals surface area contributed by atoms with Gasteiger partial charge >= 0.3 is 5.97 Å². The van der Waals surface area contributed by atoms with Crippen molar-refractivity contribution < 1.29 is 19.1 Å². The number of nitrogens with zero attached hydrogens (tertiary/aromatic N) is 1. The molecule has 0 aliphatic rings. The van der Waals surface area contributed by atoms with Crippen molar-refractivity contribution in [3.8, 4) is 0 Å². The third-order valence-electron chi connectivity index (χ3n) is 3.38. The Hall–Kier alpha value is -1.91.